The van der Waals surface area contributed by atoms with Crippen molar-refractivity contribution in [3.63, 3.8) is 0 Å². The molecule has 2 aromatic rings. The zero-order chi connectivity index (χ0) is 19.5. The first kappa shape index (κ1) is 18.5. The lowest BCUT2D eigenvalue weighted by molar-refractivity contribution is 0.183. The first-order valence-electron chi connectivity index (χ1n) is 9.69. The Hall–Kier alpha value is -2.89. The van der Waals surface area contributed by atoms with Gasteiger partial charge >= 0.3 is 6.03 Å². The van der Waals surface area contributed by atoms with Gasteiger partial charge in [0.1, 0.15) is 18.8 Å². The summed E-state index contributed by atoms with van der Waals surface area (Å²) in [6.45, 7) is 3.27. The quantitative estimate of drug-likeness (QED) is 0.801. The van der Waals surface area contributed by atoms with Crippen molar-refractivity contribution >= 4 is 11.6 Å². The number of hydrogen-bond donors (Lipinski definition) is 1. The number of carbonyl (C=O) groups excluding carboxylic acids is 1. The number of nitrogens with one attached hydrogen (secondary N) is 1. The van der Waals surface area contributed by atoms with Crippen molar-refractivity contribution in [2.45, 2.75) is 32.8 Å². The summed E-state index contributed by atoms with van der Waals surface area (Å²) in [4.78, 5) is 16.6. The van der Waals surface area contributed by atoms with Gasteiger partial charge in [-0.1, -0.05) is 25.1 Å². The van der Waals surface area contributed by atoms with Gasteiger partial charge in [0.25, 0.3) is 0 Å². The highest BCUT2D eigenvalue weighted by Crippen LogP contribution is 2.32. The third kappa shape index (κ3) is 4.50. The van der Waals surface area contributed by atoms with Crippen LogP contribution in [0.1, 0.15) is 37.4 Å². The number of nitrogens with zero attached hydrogens (tertiary/aromatic N) is 2. The first-order chi connectivity index (χ1) is 13.6. The lowest BCUT2D eigenvalue weighted by Crippen LogP contribution is -2.29. The van der Waals surface area contributed by atoms with Gasteiger partial charge in [-0.25, -0.2) is 14.2 Å². The van der Waals surface area contributed by atoms with Crippen molar-refractivity contribution in [2.75, 3.05) is 6.54 Å². The average Bonchev–Trinajstić information content (AvgIpc) is 3.40. The molecule has 0 aliphatic heterocycles. The highest BCUT2D eigenvalue weighted by atomic mass is 19.1. The van der Waals surface area contributed by atoms with Crippen molar-refractivity contribution in [1.82, 2.24) is 14.9 Å². The fraction of sp³-hybridized carbons (Fsp3) is 0.364. The van der Waals surface area contributed by atoms with Gasteiger partial charge < -0.3 is 10.1 Å². The van der Waals surface area contributed by atoms with Gasteiger partial charge in [-0.2, -0.15) is 0 Å². The number of hydrogen-bond acceptors (Lipinski definition) is 3. The van der Waals surface area contributed by atoms with Gasteiger partial charge in [0.2, 0.25) is 0 Å². The minimum Gasteiger partial charge on any atom is -0.493 e. The maximum atomic E-state index is 13.0. The molecule has 1 amide bonds. The zero-order valence-electron chi connectivity index (χ0n) is 15.9. The first-order valence-corrected chi connectivity index (χ1v) is 9.69. The molecule has 28 heavy (non-hydrogen) atoms. The Bertz CT molecular complexity index is 910. The SMILES string of the molecule is CC1CC(OCc2ccc(F)cc2)=CC=C1c1cn(C(=O)NCC2CC2)cn1. The van der Waals surface area contributed by atoms with E-state index in [4.69, 9.17) is 4.74 Å². The largest absolute Gasteiger partial charge is 0.493 e. The molecule has 5 nitrogen and oxygen atoms in total. The molecule has 4 rings (SSSR count). The van der Waals surface area contributed by atoms with Gasteiger partial charge in [0.15, 0.2) is 0 Å². The molecular formula is C22H24FN3O2. The number of halogens is 1. The van der Waals surface area contributed by atoms with Gasteiger partial charge in [-0.3, -0.25) is 4.57 Å². The van der Waals surface area contributed by atoms with Crippen LogP contribution >= 0.6 is 0 Å². The van der Waals surface area contributed by atoms with Crippen molar-refractivity contribution < 1.29 is 13.9 Å². The summed E-state index contributed by atoms with van der Waals surface area (Å²) in [6.07, 6.45) is 10.5. The second-order valence-electron chi connectivity index (χ2n) is 7.57. The van der Waals surface area contributed by atoms with E-state index in [1.165, 1.54) is 29.5 Å². The van der Waals surface area contributed by atoms with Crippen molar-refractivity contribution in [1.29, 1.82) is 0 Å². The van der Waals surface area contributed by atoms with Gasteiger partial charge in [-0.15, -0.1) is 0 Å². The average molecular weight is 381 g/mol. The monoisotopic (exact) mass is 381 g/mol. The van der Waals surface area contributed by atoms with E-state index in [0.717, 1.165) is 35.6 Å². The third-order valence-corrected chi connectivity index (χ3v) is 5.18. The number of aromatic nitrogens is 2. The number of benzene rings is 1. The molecule has 0 bridgehead atoms. The third-order valence-electron chi connectivity index (χ3n) is 5.18. The molecule has 1 unspecified atom stereocenters. The van der Waals surface area contributed by atoms with Crippen LogP contribution in [-0.4, -0.2) is 22.1 Å². The lowest BCUT2D eigenvalue weighted by Gasteiger charge is -2.21. The maximum absolute atomic E-state index is 13.0. The molecule has 0 saturated heterocycles. The van der Waals surface area contributed by atoms with Gasteiger partial charge in [0, 0.05) is 19.2 Å². The Morgan fingerprint density at radius 1 is 1.29 bits per heavy atom. The Morgan fingerprint density at radius 3 is 2.79 bits per heavy atom. The highest BCUT2D eigenvalue weighted by molar-refractivity contribution is 5.78. The van der Waals surface area contributed by atoms with Crippen LogP contribution in [-0.2, 0) is 11.3 Å². The van der Waals surface area contributed by atoms with E-state index in [9.17, 15) is 9.18 Å². The molecule has 0 spiro atoms. The number of carbonyl (C=O) groups is 1. The van der Waals surface area contributed by atoms with E-state index >= 15 is 0 Å². The number of ether oxygens (including phenoxy) is 1. The summed E-state index contributed by atoms with van der Waals surface area (Å²) in [5.41, 5.74) is 2.83. The van der Waals surface area contributed by atoms with Crippen LogP contribution < -0.4 is 5.32 Å². The predicted molar refractivity (Wildman–Crippen MR) is 105 cm³/mol. The summed E-state index contributed by atoms with van der Waals surface area (Å²) < 4.78 is 20.4. The molecule has 1 atom stereocenters. The molecule has 1 heterocycles. The second kappa shape index (κ2) is 8.00. The van der Waals surface area contributed by atoms with Gasteiger partial charge in [-0.05, 0) is 54.0 Å². The van der Waals surface area contributed by atoms with E-state index in [1.807, 2.05) is 12.2 Å². The van der Waals surface area contributed by atoms with Crippen LogP contribution in [0.2, 0.25) is 0 Å². The summed E-state index contributed by atoms with van der Waals surface area (Å²) in [7, 11) is 0. The fourth-order valence-corrected chi connectivity index (χ4v) is 3.26. The fourth-order valence-electron chi connectivity index (χ4n) is 3.26. The Kier molecular flexibility index (Phi) is 5.28. The molecular weight excluding hydrogens is 357 g/mol. The Labute approximate surface area is 163 Å². The maximum Gasteiger partial charge on any atom is 0.326 e. The van der Waals surface area contributed by atoms with Crippen molar-refractivity contribution in [3.8, 4) is 0 Å². The minimum atomic E-state index is -0.248. The van der Waals surface area contributed by atoms with E-state index in [2.05, 4.69) is 17.2 Å². The Balaban J connectivity index is 1.38. The van der Waals surface area contributed by atoms with Crippen LogP contribution in [0.25, 0.3) is 5.57 Å². The summed E-state index contributed by atoms with van der Waals surface area (Å²) in [5, 5.41) is 2.94. The second-order valence-corrected chi connectivity index (χ2v) is 7.57. The van der Waals surface area contributed by atoms with Gasteiger partial charge in [0.05, 0.1) is 11.5 Å². The number of rotatable bonds is 6. The lowest BCUT2D eigenvalue weighted by atomic mass is 9.90. The molecule has 1 fully saturated rings. The van der Waals surface area contributed by atoms with E-state index in [0.29, 0.717) is 12.5 Å². The molecule has 2 aliphatic carbocycles. The molecule has 1 aromatic heterocycles. The van der Waals surface area contributed by atoms with Crippen molar-refractivity contribution in [2.24, 2.45) is 11.8 Å². The molecule has 0 radical (unpaired) electrons. The summed E-state index contributed by atoms with van der Waals surface area (Å²) in [5.74, 6) is 1.52. The van der Waals surface area contributed by atoms with Crippen LogP contribution in [0.4, 0.5) is 9.18 Å². The summed E-state index contributed by atoms with van der Waals surface area (Å²) >= 11 is 0. The standard InChI is InChI=1S/C22H24FN3O2/c1-15-10-19(28-13-17-4-6-18(23)7-5-17)8-9-20(15)21-12-26(14-25-21)22(27)24-11-16-2-3-16/h4-9,12,14-16H,2-3,10-11,13H2,1H3,(H,24,27). The van der Waals surface area contributed by atoms with Crippen LogP contribution in [0.3, 0.4) is 0 Å². The topological polar surface area (TPSA) is 56.1 Å². The molecule has 2 aliphatic rings. The molecule has 1 saturated carbocycles. The van der Waals surface area contributed by atoms with E-state index < -0.39 is 0 Å². The summed E-state index contributed by atoms with van der Waals surface area (Å²) in [6, 6.07) is 6.19. The minimum absolute atomic E-state index is 0.131. The van der Waals surface area contributed by atoms with Crippen LogP contribution in [0.5, 0.6) is 0 Å². The van der Waals surface area contributed by atoms with E-state index in [1.54, 1.807) is 24.7 Å². The number of imidazole rings is 1. The highest BCUT2D eigenvalue weighted by Gasteiger charge is 2.23. The predicted octanol–water partition coefficient (Wildman–Crippen LogP) is 4.51. The molecule has 1 N–H and O–H groups in total. The zero-order valence-corrected chi connectivity index (χ0v) is 15.9. The molecule has 1 aromatic carbocycles. The van der Waals surface area contributed by atoms with Crippen LogP contribution in [0.15, 0.2) is 54.7 Å². The van der Waals surface area contributed by atoms with Crippen molar-refractivity contribution in [3.05, 3.63) is 71.8 Å². The molecule has 6 heteroatoms. The molecule has 146 valence electrons. The number of amides is 1. The van der Waals surface area contributed by atoms with Crippen LogP contribution in [0, 0.1) is 17.7 Å². The normalized spacial score (nSPS) is 19.0. The van der Waals surface area contributed by atoms with E-state index in [-0.39, 0.29) is 17.8 Å². The Morgan fingerprint density at radius 2 is 2.07 bits per heavy atom. The smallest absolute Gasteiger partial charge is 0.326 e. The number of allylic oxidation sites excluding steroid dienone is 4.